The van der Waals surface area contributed by atoms with Crippen LogP contribution in [0.4, 0.5) is 9.59 Å². The highest BCUT2D eigenvalue weighted by atomic mass is 16.6. The van der Waals surface area contributed by atoms with Gasteiger partial charge < -0.3 is 19.5 Å². The molecule has 0 aliphatic rings. The highest BCUT2D eigenvalue weighted by molar-refractivity contribution is 5.72. The summed E-state index contributed by atoms with van der Waals surface area (Å²) < 4.78 is 15.9. The van der Waals surface area contributed by atoms with E-state index in [9.17, 15) is 9.59 Å². The van der Waals surface area contributed by atoms with E-state index in [4.69, 9.17) is 14.2 Å². The molecular formula is C24H30N2O5. The van der Waals surface area contributed by atoms with Gasteiger partial charge in [0.25, 0.3) is 0 Å². The average Bonchev–Trinajstić information content (AvgIpc) is 2.70. The van der Waals surface area contributed by atoms with Gasteiger partial charge in [-0.15, -0.1) is 0 Å². The van der Waals surface area contributed by atoms with Crippen molar-refractivity contribution in [2.45, 2.75) is 46.4 Å². The normalized spacial score (nSPS) is 11.5. The second-order valence-electron chi connectivity index (χ2n) is 7.94. The van der Waals surface area contributed by atoms with Crippen LogP contribution in [0.1, 0.15) is 44.4 Å². The van der Waals surface area contributed by atoms with Gasteiger partial charge in [0, 0.05) is 17.8 Å². The van der Waals surface area contributed by atoms with Crippen LogP contribution in [0.3, 0.4) is 0 Å². The number of amides is 2. The summed E-state index contributed by atoms with van der Waals surface area (Å²) in [7, 11) is 1.57. The van der Waals surface area contributed by atoms with Crippen LogP contribution in [-0.4, -0.2) is 24.9 Å². The number of rotatable bonds is 7. The van der Waals surface area contributed by atoms with Crippen molar-refractivity contribution in [1.29, 1.82) is 0 Å². The van der Waals surface area contributed by atoms with E-state index in [1.54, 1.807) is 46.9 Å². The van der Waals surface area contributed by atoms with Crippen LogP contribution in [0.5, 0.6) is 5.75 Å². The van der Waals surface area contributed by atoms with Crippen LogP contribution in [0.25, 0.3) is 6.08 Å². The zero-order valence-electron chi connectivity index (χ0n) is 18.7. The lowest BCUT2D eigenvalue weighted by molar-refractivity contribution is 0.0523. The molecule has 0 aliphatic heterocycles. The number of allylic oxidation sites excluding steroid dienone is 1. The van der Waals surface area contributed by atoms with Gasteiger partial charge in [0.2, 0.25) is 0 Å². The number of hydrogen-bond acceptors (Lipinski definition) is 5. The van der Waals surface area contributed by atoms with E-state index in [0.717, 1.165) is 16.7 Å². The first kappa shape index (κ1) is 23.8. The number of ether oxygens (including phenoxy) is 3. The lowest BCUT2D eigenvalue weighted by Gasteiger charge is -2.20. The maximum Gasteiger partial charge on any atom is 0.411 e. The summed E-state index contributed by atoms with van der Waals surface area (Å²) in [6.07, 6.45) is 0.771. The summed E-state index contributed by atoms with van der Waals surface area (Å²) in [6, 6.07) is 15.0. The predicted octanol–water partition coefficient (Wildman–Crippen LogP) is 5.01. The van der Waals surface area contributed by atoms with Crippen molar-refractivity contribution < 1.29 is 23.8 Å². The molecule has 2 aromatic rings. The molecule has 0 saturated heterocycles. The van der Waals surface area contributed by atoms with E-state index in [1.807, 2.05) is 42.5 Å². The summed E-state index contributed by atoms with van der Waals surface area (Å²) in [5.74, 6) is 0.640. The monoisotopic (exact) mass is 426 g/mol. The quantitative estimate of drug-likeness (QED) is 0.650. The number of carbonyl (C=O) groups excluding carboxylic acids is 2. The SMILES string of the molecule is COc1ccc(/C=C(/C)NC(=O)OCc2ccccc2)cc1CNC(=O)OC(C)(C)C. The van der Waals surface area contributed by atoms with Crippen molar-refractivity contribution in [1.82, 2.24) is 10.6 Å². The zero-order chi connectivity index (χ0) is 22.9. The van der Waals surface area contributed by atoms with Crippen molar-refractivity contribution in [2.24, 2.45) is 0 Å². The number of methoxy groups -OCH3 is 1. The Morgan fingerprint density at radius 2 is 1.74 bits per heavy atom. The summed E-state index contributed by atoms with van der Waals surface area (Å²) in [5, 5.41) is 5.43. The smallest absolute Gasteiger partial charge is 0.411 e. The van der Waals surface area contributed by atoms with Crippen molar-refractivity contribution >= 4 is 18.3 Å². The fourth-order valence-corrected chi connectivity index (χ4v) is 2.71. The molecule has 166 valence electrons. The number of hydrogen-bond donors (Lipinski definition) is 2. The van der Waals surface area contributed by atoms with Crippen LogP contribution in [0, 0.1) is 0 Å². The largest absolute Gasteiger partial charge is 0.496 e. The summed E-state index contributed by atoms with van der Waals surface area (Å²) in [6.45, 7) is 7.62. The molecule has 2 rings (SSSR count). The van der Waals surface area contributed by atoms with Gasteiger partial charge >= 0.3 is 12.2 Å². The Morgan fingerprint density at radius 3 is 2.39 bits per heavy atom. The Bertz CT molecular complexity index is 917. The minimum absolute atomic E-state index is 0.197. The lowest BCUT2D eigenvalue weighted by atomic mass is 10.1. The predicted molar refractivity (Wildman–Crippen MR) is 119 cm³/mol. The Hall–Kier alpha value is -3.48. The topological polar surface area (TPSA) is 85.9 Å². The first-order valence-corrected chi connectivity index (χ1v) is 9.96. The second kappa shape index (κ2) is 11.1. The van der Waals surface area contributed by atoms with Gasteiger partial charge in [0.05, 0.1) is 7.11 Å². The third kappa shape index (κ3) is 8.82. The molecule has 7 nitrogen and oxygen atoms in total. The van der Waals surface area contributed by atoms with Crippen molar-refractivity contribution in [3.05, 3.63) is 70.9 Å². The van der Waals surface area contributed by atoms with Crippen molar-refractivity contribution in [3.8, 4) is 5.75 Å². The van der Waals surface area contributed by atoms with Crippen LogP contribution >= 0.6 is 0 Å². The van der Waals surface area contributed by atoms with Crippen molar-refractivity contribution in [3.63, 3.8) is 0 Å². The first-order valence-electron chi connectivity index (χ1n) is 9.96. The van der Waals surface area contributed by atoms with Gasteiger partial charge in [-0.2, -0.15) is 0 Å². The molecule has 31 heavy (non-hydrogen) atoms. The molecule has 2 amide bonds. The Kier molecular flexibility index (Phi) is 8.49. The standard InChI is InChI=1S/C24H30N2O5/c1-17(26-23(28)30-16-18-9-7-6-8-10-18)13-19-11-12-21(29-5)20(14-19)15-25-22(27)31-24(2,3)4/h6-14H,15-16H2,1-5H3,(H,25,27)(H,26,28)/b17-13-. The fourth-order valence-electron chi connectivity index (χ4n) is 2.71. The average molecular weight is 427 g/mol. The molecular weight excluding hydrogens is 396 g/mol. The van der Waals surface area contributed by atoms with Crippen LogP contribution in [0.15, 0.2) is 54.2 Å². The number of nitrogens with one attached hydrogen (secondary N) is 2. The van der Waals surface area contributed by atoms with Crippen LogP contribution in [0.2, 0.25) is 0 Å². The maximum absolute atomic E-state index is 12.0. The highest BCUT2D eigenvalue weighted by Crippen LogP contribution is 2.21. The molecule has 0 aromatic heterocycles. The molecule has 2 aromatic carbocycles. The summed E-state index contributed by atoms with van der Waals surface area (Å²) in [4.78, 5) is 24.0. The van der Waals surface area contributed by atoms with Gasteiger partial charge in [-0.25, -0.2) is 9.59 Å². The van der Waals surface area contributed by atoms with Gasteiger partial charge in [-0.3, -0.25) is 5.32 Å². The zero-order valence-corrected chi connectivity index (χ0v) is 18.7. The van der Waals surface area contributed by atoms with Crippen LogP contribution in [-0.2, 0) is 22.6 Å². The first-order chi connectivity index (χ1) is 14.7. The highest BCUT2D eigenvalue weighted by Gasteiger charge is 2.16. The van der Waals surface area contributed by atoms with Crippen molar-refractivity contribution in [2.75, 3.05) is 7.11 Å². The fraction of sp³-hybridized carbons (Fsp3) is 0.333. The maximum atomic E-state index is 12.0. The van der Waals surface area contributed by atoms with Gasteiger partial charge in [0.1, 0.15) is 18.0 Å². The number of carbonyl (C=O) groups is 2. The van der Waals surface area contributed by atoms with Gasteiger partial charge in [0.15, 0.2) is 0 Å². The summed E-state index contributed by atoms with van der Waals surface area (Å²) in [5.41, 5.74) is 2.58. The van der Waals surface area contributed by atoms with E-state index in [0.29, 0.717) is 11.4 Å². The van der Waals surface area contributed by atoms with Crippen LogP contribution < -0.4 is 15.4 Å². The van der Waals surface area contributed by atoms with E-state index in [-0.39, 0.29) is 13.2 Å². The third-order valence-corrected chi connectivity index (χ3v) is 4.02. The Balaban J connectivity index is 1.98. The lowest BCUT2D eigenvalue weighted by Crippen LogP contribution is -2.32. The Labute approximate surface area is 183 Å². The minimum Gasteiger partial charge on any atom is -0.496 e. The molecule has 0 fully saturated rings. The molecule has 0 radical (unpaired) electrons. The molecule has 0 unspecified atom stereocenters. The molecule has 0 heterocycles. The molecule has 0 aliphatic carbocycles. The number of alkyl carbamates (subject to hydrolysis) is 2. The third-order valence-electron chi connectivity index (χ3n) is 4.02. The summed E-state index contributed by atoms with van der Waals surface area (Å²) >= 11 is 0. The Morgan fingerprint density at radius 1 is 1.03 bits per heavy atom. The molecule has 0 spiro atoms. The second-order valence-corrected chi connectivity index (χ2v) is 7.94. The van der Waals surface area contributed by atoms with Gasteiger partial charge in [-0.1, -0.05) is 36.4 Å². The van der Waals surface area contributed by atoms with Gasteiger partial charge in [-0.05, 0) is 57.0 Å². The molecule has 0 bridgehead atoms. The van der Waals surface area contributed by atoms with E-state index < -0.39 is 17.8 Å². The molecule has 0 saturated carbocycles. The molecule has 0 atom stereocenters. The van der Waals surface area contributed by atoms with E-state index in [2.05, 4.69) is 10.6 Å². The molecule has 7 heteroatoms. The van der Waals surface area contributed by atoms with E-state index >= 15 is 0 Å². The minimum atomic E-state index is -0.573. The molecule has 2 N–H and O–H groups in total. The van der Waals surface area contributed by atoms with E-state index in [1.165, 1.54) is 0 Å². The number of benzene rings is 2.